The minimum absolute atomic E-state index is 0.0539. The number of hydrogen-bond acceptors (Lipinski definition) is 6. The predicted molar refractivity (Wildman–Crippen MR) is 99.4 cm³/mol. The molecule has 0 bridgehead atoms. The summed E-state index contributed by atoms with van der Waals surface area (Å²) in [6.07, 6.45) is -3.06. The molecule has 0 radical (unpaired) electrons. The van der Waals surface area contributed by atoms with Gasteiger partial charge in [-0.2, -0.15) is 0 Å². The van der Waals surface area contributed by atoms with E-state index in [0.717, 1.165) is 0 Å². The number of carbonyl (C=O) groups excluding carboxylic acids is 2. The number of nitrogens with one attached hydrogen (secondary N) is 1. The summed E-state index contributed by atoms with van der Waals surface area (Å²) in [6.45, 7) is 1.25. The number of piperazine rings is 1. The predicted octanol–water partition coefficient (Wildman–Crippen LogP) is 0.416. The Labute approximate surface area is 174 Å². The molecule has 3 aliphatic rings. The fourth-order valence-corrected chi connectivity index (χ4v) is 4.60. The first-order valence-corrected chi connectivity index (χ1v) is 9.47. The van der Waals surface area contributed by atoms with Gasteiger partial charge in [0.15, 0.2) is 5.76 Å². The Kier molecular flexibility index (Phi) is 4.78. The molecule has 2 saturated heterocycles. The van der Waals surface area contributed by atoms with Crippen molar-refractivity contribution in [3.63, 3.8) is 0 Å². The van der Waals surface area contributed by atoms with Crippen molar-refractivity contribution in [3.05, 3.63) is 57.9 Å². The minimum Gasteiger partial charge on any atom is -0.507 e. The summed E-state index contributed by atoms with van der Waals surface area (Å²) in [5.74, 6) is -5.88. The second-order valence-corrected chi connectivity index (χ2v) is 8.18. The van der Waals surface area contributed by atoms with Crippen LogP contribution < -0.4 is 5.32 Å². The van der Waals surface area contributed by atoms with Crippen LogP contribution in [0, 0.1) is 17.5 Å². The monoisotopic (exact) mass is 439 g/mol. The highest BCUT2D eigenvalue weighted by Crippen LogP contribution is 2.48. The molecule has 3 aliphatic heterocycles. The summed E-state index contributed by atoms with van der Waals surface area (Å²) >= 11 is 0. The van der Waals surface area contributed by atoms with Gasteiger partial charge in [-0.3, -0.25) is 9.59 Å². The maximum Gasteiger partial charge on any atom is 0.273 e. The SMILES string of the molecule is CN1CC2(C)CC(O)C3=C(C(=O)NCc4c(F)cc(F)cc4F)C(O)C(O)=C(C1=O)N32. The zero-order valence-corrected chi connectivity index (χ0v) is 16.6. The van der Waals surface area contributed by atoms with E-state index in [-0.39, 0.29) is 24.4 Å². The Hall–Kier alpha value is -3.05. The van der Waals surface area contributed by atoms with Gasteiger partial charge in [-0.15, -0.1) is 0 Å². The average Bonchev–Trinajstić information content (AvgIpc) is 2.91. The Morgan fingerprint density at radius 2 is 1.87 bits per heavy atom. The van der Waals surface area contributed by atoms with Crippen LogP contribution in [0.1, 0.15) is 18.9 Å². The van der Waals surface area contributed by atoms with Crippen molar-refractivity contribution in [2.75, 3.05) is 13.6 Å². The summed E-state index contributed by atoms with van der Waals surface area (Å²) in [6, 6.07) is 0.926. The third-order valence-electron chi connectivity index (χ3n) is 5.91. The van der Waals surface area contributed by atoms with E-state index < -0.39 is 70.5 Å². The van der Waals surface area contributed by atoms with Gasteiger partial charge in [0, 0.05) is 44.3 Å². The van der Waals surface area contributed by atoms with E-state index in [1.165, 1.54) is 16.8 Å². The van der Waals surface area contributed by atoms with Gasteiger partial charge in [0.25, 0.3) is 11.8 Å². The molecule has 0 aliphatic carbocycles. The highest BCUT2D eigenvalue weighted by molar-refractivity contribution is 6.00. The van der Waals surface area contributed by atoms with Crippen LogP contribution >= 0.6 is 0 Å². The van der Waals surface area contributed by atoms with E-state index in [9.17, 15) is 38.1 Å². The topological polar surface area (TPSA) is 113 Å². The minimum atomic E-state index is -1.93. The number of benzene rings is 1. The van der Waals surface area contributed by atoms with E-state index in [1.54, 1.807) is 6.92 Å². The lowest BCUT2D eigenvalue weighted by molar-refractivity contribution is -0.134. The van der Waals surface area contributed by atoms with Crippen molar-refractivity contribution in [2.45, 2.75) is 37.6 Å². The van der Waals surface area contributed by atoms with E-state index in [1.807, 2.05) is 0 Å². The first-order chi connectivity index (χ1) is 14.5. The van der Waals surface area contributed by atoms with Gasteiger partial charge in [0.1, 0.15) is 29.3 Å². The molecule has 31 heavy (non-hydrogen) atoms. The summed E-state index contributed by atoms with van der Waals surface area (Å²) in [7, 11) is 1.51. The molecule has 3 unspecified atom stereocenters. The zero-order valence-electron chi connectivity index (χ0n) is 16.6. The van der Waals surface area contributed by atoms with Crippen molar-refractivity contribution in [2.24, 2.45) is 0 Å². The molecule has 0 saturated carbocycles. The molecule has 1 aromatic rings. The standard InChI is InChI=1S/C20H20F3N3O5/c1-20-5-12(27)14-13(16(28)17(29)15(26(14)20)19(31)25(2)7-20)18(30)24-6-9-10(22)3-8(21)4-11(9)23/h3-4,12,16,27-29H,5-7H2,1-2H3,(H,24,30). The summed E-state index contributed by atoms with van der Waals surface area (Å²) in [5, 5.41) is 34.0. The van der Waals surface area contributed by atoms with Crippen molar-refractivity contribution in [1.29, 1.82) is 0 Å². The fraction of sp³-hybridized carbons (Fsp3) is 0.400. The van der Waals surface area contributed by atoms with Crippen LogP contribution in [-0.4, -0.2) is 68.3 Å². The second-order valence-electron chi connectivity index (χ2n) is 8.18. The Balaban J connectivity index is 1.71. The molecule has 2 fully saturated rings. The molecule has 4 N–H and O–H groups in total. The Morgan fingerprint density at radius 1 is 1.26 bits per heavy atom. The average molecular weight is 439 g/mol. The van der Waals surface area contributed by atoms with E-state index in [2.05, 4.69) is 5.32 Å². The van der Waals surface area contributed by atoms with E-state index in [4.69, 9.17) is 0 Å². The van der Waals surface area contributed by atoms with Crippen LogP contribution in [0.4, 0.5) is 13.2 Å². The summed E-state index contributed by atoms with van der Waals surface area (Å²) in [5.41, 5.74) is -2.17. The molecule has 0 aromatic heterocycles. The van der Waals surface area contributed by atoms with Gasteiger partial charge in [-0.25, -0.2) is 13.2 Å². The van der Waals surface area contributed by atoms with Gasteiger partial charge in [-0.1, -0.05) is 0 Å². The third kappa shape index (κ3) is 3.07. The lowest BCUT2D eigenvalue weighted by atomic mass is 9.92. The van der Waals surface area contributed by atoms with Gasteiger partial charge in [0.2, 0.25) is 0 Å². The number of likely N-dealkylation sites (N-methyl/N-ethyl adjacent to an activating group) is 1. The number of amides is 2. The first-order valence-electron chi connectivity index (χ1n) is 9.47. The Morgan fingerprint density at radius 3 is 2.48 bits per heavy atom. The molecule has 166 valence electrons. The van der Waals surface area contributed by atoms with Crippen LogP contribution in [-0.2, 0) is 16.1 Å². The molecule has 0 spiro atoms. The molecule has 8 nitrogen and oxygen atoms in total. The molecule has 4 rings (SSSR count). The number of nitrogens with zero attached hydrogens (tertiary/aromatic N) is 2. The van der Waals surface area contributed by atoms with Crippen LogP contribution in [0.2, 0.25) is 0 Å². The number of halogens is 3. The number of aliphatic hydroxyl groups is 3. The van der Waals surface area contributed by atoms with Crippen molar-refractivity contribution >= 4 is 11.8 Å². The number of rotatable bonds is 3. The lowest BCUT2D eigenvalue weighted by Crippen LogP contribution is -2.59. The van der Waals surface area contributed by atoms with Gasteiger partial charge < -0.3 is 30.4 Å². The van der Waals surface area contributed by atoms with E-state index in [0.29, 0.717) is 12.1 Å². The third-order valence-corrected chi connectivity index (χ3v) is 5.91. The lowest BCUT2D eigenvalue weighted by Gasteiger charge is -2.48. The first kappa shape index (κ1) is 21.2. The molecule has 11 heteroatoms. The molecular weight excluding hydrogens is 419 g/mol. The molecule has 3 atom stereocenters. The molecule has 3 heterocycles. The maximum absolute atomic E-state index is 13.9. The van der Waals surface area contributed by atoms with Crippen molar-refractivity contribution in [3.8, 4) is 0 Å². The summed E-state index contributed by atoms with van der Waals surface area (Å²) in [4.78, 5) is 28.2. The van der Waals surface area contributed by atoms with Gasteiger partial charge in [-0.05, 0) is 6.92 Å². The smallest absolute Gasteiger partial charge is 0.273 e. The van der Waals surface area contributed by atoms with Crippen LogP contribution in [0.15, 0.2) is 34.9 Å². The molecule has 1 aromatic carbocycles. The van der Waals surface area contributed by atoms with Crippen LogP contribution in [0.25, 0.3) is 0 Å². The van der Waals surface area contributed by atoms with Crippen molar-refractivity contribution in [1.82, 2.24) is 15.1 Å². The largest absolute Gasteiger partial charge is 0.507 e. The van der Waals surface area contributed by atoms with Crippen LogP contribution in [0.5, 0.6) is 0 Å². The highest BCUT2D eigenvalue weighted by Gasteiger charge is 2.57. The van der Waals surface area contributed by atoms with Gasteiger partial charge >= 0.3 is 0 Å². The zero-order chi connectivity index (χ0) is 22.8. The van der Waals surface area contributed by atoms with Crippen LogP contribution in [0.3, 0.4) is 0 Å². The quantitative estimate of drug-likeness (QED) is 0.543. The highest BCUT2D eigenvalue weighted by atomic mass is 19.1. The number of carbonyl (C=O) groups is 2. The molecular formula is C20H20F3N3O5. The van der Waals surface area contributed by atoms with E-state index >= 15 is 0 Å². The second kappa shape index (κ2) is 6.99. The van der Waals surface area contributed by atoms with Gasteiger partial charge in [0.05, 0.1) is 22.9 Å². The fourth-order valence-electron chi connectivity index (χ4n) is 4.60. The maximum atomic E-state index is 13.9. The number of aliphatic hydroxyl groups excluding tert-OH is 3. The summed E-state index contributed by atoms with van der Waals surface area (Å²) < 4.78 is 40.8. The normalized spacial score (nSPS) is 27.8. The number of hydrogen-bond donors (Lipinski definition) is 4. The van der Waals surface area contributed by atoms with Crippen molar-refractivity contribution < 1.29 is 38.1 Å². The Bertz CT molecular complexity index is 1050. The molecule has 2 amide bonds.